The standard InChI is InChI=1S/C18H16O6/c1-21-11-6-4-5-10(7-11)17-16(20)15(19)13-8-12(22-2)9-14(23-3)18(13)24-17/h4-9,20H,1-3H3. The maximum absolute atomic E-state index is 12.6. The predicted octanol–water partition coefficient (Wildman–Crippen LogP) is 3.19. The molecule has 0 saturated heterocycles. The van der Waals surface area contributed by atoms with E-state index in [4.69, 9.17) is 18.6 Å². The van der Waals surface area contributed by atoms with E-state index < -0.39 is 11.2 Å². The molecule has 24 heavy (non-hydrogen) atoms. The summed E-state index contributed by atoms with van der Waals surface area (Å²) in [7, 11) is 4.48. The van der Waals surface area contributed by atoms with Gasteiger partial charge in [0.1, 0.15) is 11.5 Å². The smallest absolute Gasteiger partial charge is 0.235 e. The largest absolute Gasteiger partial charge is 0.502 e. The number of rotatable bonds is 4. The van der Waals surface area contributed by atoms with Crippen molar-refractivity contribution in [3.63, 3.8) is 0 Å². The fourth-order valence-electron chi connectivity index (χ4n) is 2.46. The molecule has 0 fully saturated rings. The summed E-state index contributed by atoms with van der Waals surface area (Å²) in [4.78, 5) is 12.6. The van der Waals surface area contributed by atoms with E-state index in [9.17, 15) is 9.90 Å². The quantitative estimate of drug-likeness (QED) is 0.792. The molecule has 2 aromatic carbocycles. The van der Waals surface area contributed by atoms with Crippen LogP contribution in [0.2, 0.25) is 0 Å². The van der Waals surface area contributed by atoms with Crippen LogP contribution in [-0.4, -0.2) is 26.4 Å². The zero-order valence-electron chi connectivity index (χ0n) is 13.5. The maximum atomic E-state index is 12.6. The van der Waals surface area contributed by atoms with E-state index in [-0.39, 0.29) is 16.7 Å². The lowest BCUT2D eigenvalue weighted by molar-refractivity contribution is 0.390. The number of ether oxygens (including phenoxy) is 3. The summed E-state index contributed by atoms with van der Waals surface area (Å²) in [6, 6.07) is 9.98. The van der Waals surface area contributed by atoms with Crippen LogP contribution in [0.4, 0.5) is 0 Å². The van der Waals surface area contributed by atoms with Gasteiger partial charge < -0.3 is 23.7 Å². The number of benzene rings is 2. The Morgan fingerprint density at radius 3 is 2.38 bits per heavy atom. The van der Waals surface area contributed by atoms with E-state index >= 15 is 0 Å². The molecule has 0 saturated carbocycles. The molecular weight excluding hydrogens is 312 g/mol. The highest BCUT2D eigenvalue weighted by Gasteiger charge is 2.19. The van der Waals surface area contributed by atoms with Gasteiger partial charge in [-0.25, -0.2) is 0 Å². The zero-order valence-corrected chi connectivity index (χ0v) is 13.5. The molecule has 0 aliphatic heterocycles. The van der Waals surface area contributed by atoms with Crippen LogP contribution >= 0.6 is 0 Å². The summed E-state index contributed by atoms with van der Waals surface area (Å²) in [5.74, 6) is 0.919. The third kappa shape index (κ3) is 2.52. The molecule has 1 heterocycles. The number of fused-ring (bicyclic) bond motifs is 1. The van der Waals surface area contributed by atoms with Gasteiger partial charge in [0, 0.05) is 11.6 Å². The minimum atomic E-state index is -0.564. The van der Waals surface area contributed by atoms with Crippen molar-refractivity contribution in [3.05, 3.63) is 46.6 Å². The van der Waals surface area contributed by atoms with Crippen LogP contribution in [0.3, 0.4) is 0 Å². The van der Waals surface area contributed by atoms with Gasteiger partial charge in [-0.2, -0.15) is 0 Å². The van der Waals surface area contributed by atoms with Gasteiger partial charge in [-0.05, 0) is 18.2 Å². The van der Waals surface area contributed by atoms with Gasteiger partial charge in [0.2, 0.25) is 11.2 Å². The highest BCUT2D eigenvalue weighted by Crippen LogP contribution is 2.36. The molecule has 0 aliphatic carbocycles. The Kier molecular flexibility index (Phi) is 4.04. The first-order valence-electron chi connectivity index (χ1n) is 7.15. The lowest BCUT2D eigenvalue weighted by Crippen LogP contribution is -2.04. The van der Waals surface area contributed by atoms with Gasteiger partial charge in [0.05, 0.1) is 26.7 Å². The van der Waals surface area contributed by atoms with Crippen LogP contribution in [-0.2, 0) is 0 Å². The molecule has 3 aromatic rings. The minimum Gasteiger partial charge on any atom is -0.502 e. The van der Waals surface area contributed by atoms with Crippen molar-refractivity contribution in [3.8, 4) is 34.3 Å². The summed E-state index contributed by atoms with van der Waals surface area (Å²) < 4.78 is 21.4. The van der Waals surface area contributed by atoms with E-state index in [1.807, 2.05) is 0 Å². The first-order chi connectivity index (χ1) is 11.6. The number of methoxy groups -OCH3 is 3. The van der Waals surface area contributed by atoms with Gasteiger partial charge in [-0.1, -0.05) is 12.1 Å². The van der Waals surface area contributed by atoms with Crippen LogP contribution in [0.5, 0.6) is 23.0 Å². The molecule has 1 aromatic heterocycles. The zero-order chi connectivity index (χ0) is 17.3. The van der Waals surface area contributed by atoms with Crippen LogP contribution in [0.15, 0.2) is 45.6 Å². The Balaban J connectivity index is 2.34. The molecule has 6 heteroatoms. The predicted molar refractivity (Wildman–Crippen MR) is 89.2 cm³/mol. The van der Waals surface area contributed by atoms with Crippen molar-refractivity contribution < 1.29 is 23.7 Å². The van der Waals surface area contributed by atoms with E-state index in [1.165, 1.54) is 27.4 Å². The van der Waals surface area contributed by atoms with Gasteiger partial charge >= 0.3 is 0 Å². The highest BCUT2D eigenvalue weighted by atomic mass is 16.5. The highest BCUT2D eigenvalue weighted by molar-refractivity contribution is 5.87. The van der Waals surface area contributed by atoms with Crippen LogP contribution in [0, 0.1) is 0 Å². The Bertz CT molecular complexity index is 958. The first-order valence-corrected chi connectivity index (χ1v) is 7.15. The lowest BCUT2D eigenvalue weighted by atomic mass is 10.1. The monoisotopic (exact) mass is 328 g/mol. The Morgan fingerprint density at radius 2 is 1.71 bits per heavy atom. The third-order valence-corrected chi connectivity index (χ3v) is 3.69. The van der Waals surface area contributed by atoms with Gasteiger partial charge in [-0.15, -0.1) is 0 Å². The van der Waals surface area contributed by atoms with Crippen LogP contribution < -0.4 is 19.6 Å². The molecule has 0 spiro atoms. The van der Waals surface area contributed by atoms with Gasteiger partial charge in [-0.3, -0.25) is 4.79 Å². The summed E-state index contributed by atoms with van der Waals surface area (Å²) >= 11 is 0. The Hall–Kier alpha value is -3.15. The summed E-state index contributed by atoms with van der Waals surface area (Å²) in [5, 5.41) is 10.5. The fourth-order valence-corrected chi connectivity index (χ4v) is 2.46. The molecule has 0 aliphatic rings. The molecule has 124 valence electrons. The molecule has 0 unspecified atom stereocenters. The minimum absolute atomic E-state index is 0.0508. The van der Waals surface area contributed by atoms with E-state index in [2.05, 4.69) is 0 Å². The molecule has 0 bridgehead atoms. The second kappa shape index (κ2) is 6.16. The average Bonchev–Trinajstić information content (AvgIpc) is 2.63. The third-order valence-electron chi connectivity index (χ3n) is 3.69. The lowest BCUT2D eigenvalue weighted by Gasteiger charge is -2.11. The molecule has 3 rings (SSSR count). The van der Waals surface area contributed by atoms with Crippen molar-refractivity contribution >= 4 is 11.0 Å². The van der Waals surface area contributed by atoms with E-state index in [0.29, 0.717) is 22.8 Å². The van der Waals surface area contributed by atoms with Crippen LogP contribution in [0.25, 0.3) is 22.3 Å². The van der Waals surface area contributed by atoms with Crippen molar-refractivity contribution in [1.29, 1.82) is 0 Å². The average molecular weight is 328 g/mol. The van der Waals surface area contributed by atoms with E-state index in [0.717, 1.165) is 0 Å². The number of hydrogen-bond donors (Lipinski definition) is 1. The summed E-state index contributed by atoms with van der Waals surface area (Å²) in [6.07, 6.45) is 0. The molecular formula is C18H16O6. The van der Waals surface area contributed by atoms with Gasteiger partial charge in [0.15, 0.2) is 17.1 Å². The molecule has 0 radical (unpaired) electrons. The summed E-state index contributed by atoms with van der Waals surface area (Å²) in [5.41, 5.74) is 0.189. The Morgan fingerprint density at radius 1 is 0.958 bits per heavy atom. The molecule has 0 atom stereocenters. The topological polar surface area (TPSA) is 78.1 Å². The number of hydrogen-bond acceptors (Lipinski definition) is 6. The van der Waals surface area contributed by atoms with E-state index in [1.54, 1.807) is 30.3 Å². The second-order valence-electron chi connectivity index (χ2n) is 5.05. The first kappa shape index (κ1) is 15.7. The summed E-state index contributed by atoms with van der Waals surface area (Å²) in [6.45, 7) is 0. The second-order valence-corrected chi connectivity index (χ2v) is 5.05. The van der Waals surface area contributed by atoms with Crippen molar-refractivity contribution in [1.82, 2.24) is 0 Å². The van der Waals surface area contributed by atoms with Gasteiger partial charge in [0.25, 0.3) is 0 Å². The van der Waals surface area contributed by atoms with Crippen molar-refractivity contribution in [2.24, 2.45) is 0 Å². The van der Waals surface area contributed by atoms with Crippen molar-refractivity contribution in [2.45, 2.75) is 0 Å². The Labute approximate surface area is 137 Å². The SMILES string of the molecule is COc1cccc(-c2oc3c(OC)cc(OC)cc3c(=O)c2O)c1. The maximum Gasteiger partial charge on any atom is 0.235 e. The molecule has 6 nitrogen and oxygen atoms in total. The normalized spacial score (nSPS) is 10.6. The fraction of sp³-hybridized carbons (Fsp3) is 0.167. The molecule has 1 N–H and O–H groups in total. The van der Waals surface area contributed by atoms with Crippen LogP contribution in [0.1, 0.15) is 0 Å². The number of aromatic hydroxyl groups is 1. The molecule has 0 amide bonds. The van der Waals surface area contributed by atoms with Crippen molar-refractivity contribution in [2.75, 3.05) is 21.3 Å².